The van der Waals surface area contributed by atoms with Crippen molar-refractivity contribution in [1.29, 1.82) is 0 Å². The highest BCUT2D eigenvalue weighted by Crippen LogP contribution is 2.38. The Kier molecular flexibility index (Phi) is 2.61. The van der Waals surface area contributed by atoms with Crippen LogP contribution in [0.15, 0.2) is 51.7 Å². The number of phenolic OH excluding ortho intramolecular Hbond substituents is 2. The number of aromatic hydroxyl groups is 3. The average molecular weight is 270 g/mol. The zero-order valence-electron chi connectivity index (χ0n) is 10.2. The van der Waals surface area contributed by atoms with E-state index in [-0.39, 0.29) is 28.4 Å². The summed E-state index contributed by atoms with van der Waals surface area (Å²) in [6.45, 7) is 0. The van der Waals surface area contributed by atoms with Crippen LogP contribution in [0.5, 0.6) is 17.2 Å². The Morgan fingerprint density at radius 3 is 2.20 bits per heavy atom. The first kappa shape index (κ1) is 12.1. The van der Waals surface area contributed by atoms with Crippen LogP contribution in [0.3, 0.4) is 0 Å². The largest absolute Gasteiger partial charge is 0.504 e. The van der Waals surface area contributed by atoms with Gasteiger partial charge in [0.25, 0.3) is 0 Å². The maximum atomic E-state index is 11.3. The van der Waals surface area contributed by atoms with Crippen molar-refractivity contribution >= 4 is 0 Å². The molecule has 0 fully saturated rings. The molecule has 0 radical (unpaired) electrons. The van der Waals surface area contributed by atoms with Crippen LogP contribution in [-0.2, 0) is 0 Å². The lowest BCUT2D eigenvalue weighted by atomic mass is 10.1. The predicted octanol–water partition coefficient (Wildman–Crippen LogP) is 2.53. The molecule has 0 atom stereocenters. The van der Waals surface area contributed by atoms with E-state index in [0.717, 1.165) is 0 Å². The molecule has 0 bridgehead atoms. The van der Waals surface area contributed by atoms with Crippen molar-refractivity contribution in [3.63, 3.8) is 0 Å². The molecular formula is C15H10O5. The number of hydrogen-bond donors (Lipinski definition) is 3. The lowest BCUT2D eigenvalue weighted by Gasteiger charge is -2.10. The number of fused-ring (bicyclic) bond motifs is 1. The Hall–Kier alpha value is -2.95. The first-order chi connectivity index (χ1) is 9.54. The zero-order chi connectivity index (χ0) is 14.3. The van der Waals surface area contributed by atoms with Gasteiger partial charge in [-0.05, 0) is 36.4 Å². The number of hydrogen-bond acceptors (Lipinski definition) is 5. The molecule has 0 unspecified atom stereocenters. The van der Waals surface area contributed by atoms with Gasteiger partial charge < -0.3 is 19.7 Å². The van der Waals surface area contributed by atoms with E-state index < -0.39 is 0 Å². The van der Waals surface area contributed by atoms with E-state index >= 15 is 0 Å². The van der Waals surface area contributed by atoms with E-state index in [1.54, 1.807) is 6.07 Å². The zero-order valence-corrected chi connectivity index (χ0v) is 10.2. The fourth-order valence-corrected chi connectivity index (χ4v) is 1.97. The van der Waals surface area contributed by atoms with Crippen LogP contribution in [0.1, 0.15) is 0 Å². The van der Waals surface area contributed by atoms with Crippen molar-refractivity contribution in [2.45, 2.75) is 0 Å². The summed E-state index contributed by atoms with van der Waals surface area (Å²) >= 11 is 0. The van der Waals surface area contributed by atoms with Gasteiger partial charge in [0.05, 0.1) is 0 Å². The van der Waals surface area contributed by atoms with Crippen molar-refractivity contribution in [2.24, 2.45) is 0 Å². The average Bonchev–Trinajstić information content (AvgIpc) is 2.42. The van der Waals surface area contributed by atoms with E-state index in [4.69, 9.17) is 4.42 Å². The smallest absolute Gasteiger partial charge is 0.182 e. The third-order valence-corrected chi connectivity index (χ3v) is 2.96. The van der Waals surface area contributed by atoms with Crippen molar-refractivity contribution < 1.29 is 19.7 Å². The summed E-state index contributed by atoms with van der Waals surface area (Å²) in [4.78, 5) is 11.3. The van der Waals surface area contributed by atoms with Crippen molar-refractivity contribution in [1.82, 2.24) is 0 Å². The van der Waals surface area contributed by atoms with Crippen LogP contribution in [-0.4, -0.2) is 15.3 Å². The standard InChI is InChI=1S/C15H10O5/c16-10-3-1-8-5-13(19)15(20-14(8)7-10)9-2-4-11(17)12(18)6-9/h1-7,17-19H. The van der Waals surface area contributed by atoms with Crippen molar-refractivity contribution in [2.75, 3.05) is 0 Å². The Morgan fingerprint density at radius 2 is 1.45 bits per heavy atom. The first-order valence-electron chi connectivity index (χ1n) is 5.84. The van der Waals surface area contributed by atoms with Gasteiger partial charge in [0.2, 0.25) is 0 Å². The molecule has 1 aliphatic heterocycles. The highest BCUT2D eigenvalue weighted by Gasteiger charge is 2.15. The van der Waals surface area contributed by atoms with Crippen molar-refractivity contribution in [3.8, 4) is 39.9 Å². The molecule has 0 spiro atoms. The van der Waals surface area contributed by atoms with E-state index in [2.05, 4.69) is 0 Å². The normalized spacial score (nSPS) is 10.8. The molecule has 0 amide bonds. The minimum absolute atomic E-state index is 0.110. The SMILES string of the molecule is O=c1ccc2cc(O)c(-c3ccc(O)c(O)c3)oc-2c1. The number of benzene rings is 2. The van der Waals surface area contributed by atoms with Crippen molar-refractivity contribution in [3.05, 3.63) is 52.7 Å². The van der Waals surface area contributed by atoms with E-state index in [1.807, 2.05) is 0 Å². The second-order valence-electron chi connectivity index (χ2n) is 4.36. The summed E-state index contributed by atoms with van der Waals surface area (Å²) < 4.78 is 5.51. The predicted molar refractivity (Wildman–Crippen MR) is 72.0 cm³/mol. The topological polar surface area (TPSA) is 90.9 Å². The quantitative estimate of drug-likeness (QED) is 0.591. The van der Waals surface area contributed by atoms with E-state index in [1.165, 1.54) is 36.4 Å². The van der Waals surface area contributed by atoms with Gasteiger partial charge in [-0.25, -0.2) is 0 Å². The van der Waals surface area contributed by atoms with Crippen LogP contribution in [0.25, 0.3) is 22.6 Å². The third-order valence-electron chi connectivity index (χ3n) is 2.96. The molecule has 0 saturated heterocycles. The van der Waals surface area contributed by atoms with Crippen LogP contribution in [0, 0.1) is 0 Å². The summed E-state index contributed by atoms with van der Waals surface area (Å²) in [6, 6.07) is 9.76. The van der Waals surface area contributed by atoms with Gasteiger partial charge in [-0.1, -0.05) is 0 Å². The van der Waals surface area contributed by atoms with Crippen LogP contribution in [0.2, 0.25) is 0 Å². The minimum Gasteiger partial charge on any atom is -0.504 e. The second-order valence-corrected chi connectivity index (χ2v) is 4.36. The second kappa shape index (κ2) is 4.31. The Labute approximate surface area is 113 Å². The highest BCUT2D eigenvalue weighted by molar-refractivity contribution is 5.72. The van der Waals surface area contributed by atoms with Crippen LogP contribution >= 0.6 is 0 Å². The molecule has 1 aliphatic carbocycles. The summed E-state index contributed by atoms with van der Waals surface area (Å²) in [5.74, 6) is -0.275. The molecule has 5 nitrogen and oxygen atoms in total. The van der Waals surface area contributed by atoms with Crippen LogP contribution < -0.4 is 5.43 Å². The maximum absolute atomic E-state index is 11.3. The Bertz CT molecular complexity index is 819. The van der Waals surface area contributed by atoms with Gasteiger partial charge in [0, 0.05) is 17.2 Å². The number of rotatable bonds is 1. The molecule has 1 aromatic carbocycles. The van der Waals surface area contributed by atoms with E-state index in [9.17, 15) is 20.1 Å². The molecule has 1 aromatic rings. The fourth-order valence-electron chi connectivity index (χ4n) is 1.97. The first-order valence-corrected chi connectivity index (χ1v) is 5.84. The van der Waals surface area contributed by atoms with Crippen LogP contribution in [0.4, 0.5) is 0 Å². The summed E-state index contributed by atoms with van der Waals surface area (Å²) in [7, 11) is 0. The summed E-state index contributed by atoms with van der Waals surface area (Å²) in [5.41, 5.74) is 0.774. The maximum Gasteiger partial charge on any atom is 0.182 e. The van der Waals surface area contributed by atoms with Gasteiger partial charge in [-0.15, -0.1) is 0 Å². The molecule has 1 heterocycles. The molecule has 0 saturated carbocycles. The van der Waals surface area contributed by atoms with Gasteiger partial charge in [-0.3, -0.25) is 4.79 Å². The summed E-state index contributed by atoms with van der Waals surface area (Å²) in [6.07, 6.45) is 0. The molecule has 3 N–H and O–H groups in total. The molecule has 3 rings (SSSR count). The van der Waals surface area contributed by atoms with Gasteiger partial charge in [-0.2, -0.15) is 0 Å². The molecule has 5 heteroatoms. The third kappa shape index (κ3) is 1.95. The monoisotopic (exact) mass is 270 g/mol. The fraction of sp³-hybridized carbons (Fsp3) is 0. The van der Waals surface area contributed by atoms with E-state index in [0.29, 0.717) is 16.9 Å². The molecule has 2 aliphatic rings. The minimum atomic E-state index is -0.324. The molecular weight excluding hydrogens is 260 g/mol. The molecule has 20 heavy (non-hydrogen) atoms. The molecule has 0 aromatic heterocycles. The lowest BCUT2D eigenvalue weighted by Crippen LogP contribution is -1.97. The highest BCUT2D eigenvalue weighted by atomic mass is 16.4. The lowest BCUT2D eigenvalue weighted by molar-refractivity contribution is 0.403. The number of phenols is 2. The summed E-state index contributed by atoms with van der Waals surface area (Å²) in [5, 5.41) is 28.7. The molecule has 100 valence electrons. The van der Waals surface area contributed by atoms with Gasteiger partial charge >= 0.3 is 0 Å². The van der Waals surface area contributed by atoms with Gasteiger partial charge in [0.15, 0.2) is 28.4 Å². The van der Waals surface area contributed by atoms with Gasteiger partial charge in [0.1, 0.15) is 5.76 Å². The Balaban J connectivity index is 2.25. The Morgan fingerprint density at radius 1 is 0.750 bits per heavy atom.